The van der Waals surface area contributed by atoms with E-state index < -0.39 is 0 Å². The fourth-order valence-corrected chi connectivity index (χ4v) is 2.22. The lowest BCUT2D eigenvalue weighted by Gasteiger charge is -2.13. The zero-order chi connectivity index (χ0) is 12.1. The van der Waals surface area contributed by atoms with Crippen LogP contribution in [0.5, 0.6) is 5.75 Å². The molecule has 0 spiro atoms. The molecule has 1 aliphatic rings. The van der Waals surface area contributed by atoms with Crippen molar-refractivity contribution < 1.29 is 9.94 Å². The SMILES string of the molecule is C/C(Cc1ccc(OC2CCCC2)cc1)=N/O. The highest BCUT2D eigenvalue weighted by Gasteiger charge is 2.16. The van der Waals surface area contributed by atoms with Crippen LogP contribution in [0.25, 0.3) is 0 Å². The molecule has 0 aliphatic heterocycles. The van der Waals surface area contributed by atoms with Crippen molar-refractivity contribution >= 4 is 5.71 Å². The van der Waals surface area contributed by atoms with Crippen LogP contribution in [0.3, 0.4) is 0 Å². The molecule has 3 heteroatoms. The second-order valence-electron chi connectivity index (χ2n) is 4.68. The van der Waals surface area contributed by atoms with Crippen LogP contribution < -0.4 is 4.74 Å². The molecule has 1 N–H and O–H groups in total. The third-order valence-corrected chi connectivity index (χ3v) is 3.16. The maximum Gasteiger partial charge on any atom is 0.119 e. The van der Waals surface area contributed by atoms with E-state index in [1.54, 1.807) is 0 Å². The Morgan fingerprint density at radius 2 is 1.94 bits per heavy atom. The Balaban J connectivity index is 1.92. The number of hydrogen-bond donors (Lipinski definition) is 1. The van der Waals surface area contributed by atoms with Gasteiger partial charge >= 0.3 is 0 Å². The molecule has 1 aromatic carbocycles. The summed E-state index contributed by atoms with van der Waals surface area (Å²) in [5, 5.41) is 11.8. The molecule has 17 heavy (non-hydrogen) atoms. The normalized spacial score (nSPS) is 17.4. The molecule has 1 fully saturated rings. The highest BCUT2D eigenvalue weighted by atomic mass is 16.5. The molecule has 3 nitrogen and oxygen atoms in total. The van der Waals surface area contributed by atoms with Crippen molar-refractivity contribution in [2.24, 2.45) is 5.16 Å². The zero-order valence-corrected chi connectivity index (χ0v) is 10.2. The van der Waals surface area contributed by atoms with E-state index in [1.807, 2.05) is 31.2 Å². The zero-order valence-electron chi connectivity index (χ0n) is 10.2. The summed E-state index contributed by atoms with van der Waals surface area (Å²) in [7, 11) is 0. The minimum atomic E-state index is 0.404. The maximum atomic E-state index is 8.60. The highest BCUT2D eigenvalue weighted by molar-refractivity contribution is 5.83. The third kappa shape index (κ3) is 3.48. The Bertz CT molecular complexity index is 378. The number of nitrogens with zero attached hydrogens (tertiary/aromatic N) is 1. The Morgan fingerprint density at radius 1 is 1.29 bits per heavy atom. The molecular weight excluding hydrogens is 214 g/mol. The predicted octanol–water partition coefficient (Wildman–Crippen LogP) is 3.40. The van der Waals surface area contributed by atoms with E-state index in [9.17, 15) is 0 Å². The quantitative estimate of drug-likeness (QED) is 0.492. The van der Waals surface area contributed by atoms with Gasteiger partial charge < -0.3 is 9.94 Å². The molecule has 0 saturated heterocycles. The van der Waals surface area contributed by atoms with Crippen molar-refractivity contribution in [1.82, 2.24) is 0 Å². The molecule has 92 valence electrons. The van der Waals surface area contributed by atoms with Crippen LogP contribution in [-0.4, -0.2) is 17.0 Å². The van der Waals surface area contributed by atoms with Crippen molar-refractivity contribution in [3.8, 4) is 5.75 Å². The van der Waals surface area contributed by atoms with Gasteiger partial charge in [-0.05, 0) is 50.3 Å². The van der Waals surface area contributed by atoms with E-state index in [2.05, 4.69) is 5.16 Å². The topological polar surface area (TPSA) is 41.8 Å². The second kappa shape index (κ2) is 5.71. The lowest BCUT2D eigenvalue weighted by molar-refractivity contribution is 0.210. The van der Waals surface area contributed by atoms with Gasteiger partial charge in [0.2, 0.25) is 0 Å². The van der Waals surface area contributed by atoms with Crippen LogP contribution in [0, 0.1) is 0 Å². The first-order valence-electron chi connectivity index (χ1n) is 6.21. The molecule has 0 aromatic heterocycles. The number of rotatable bonds is 4. The molecule has 0 atom stereocenters. The van der Waals surface area contributed by atoms with Gasteiger partial charge in [-0.25, -0.2) is 0 Å². The molecule has 0 bridgehead atoms. The maximum absolute atomic E-state index is 8.60. The van der Waals surface area contributed by atoms with Crippen molar-refractivity contribution in [3.05, 3.63) is 29.8 Å². The molecule has 0 amide bonds. The average molecular weight is 233 g/mol. The second-order valence-corrected chi connectivity index (χ2v) is 4.68. The van der Waals surface area contributed by atoms with E-state index >= 15 is 0 Å². The largest absolute Gasteiger partial charge is 0.490 e. The van der Waals surface area contributed by atoms with Gasteiger partial charge in [0.1, 0.15) is 5.75 Å². The van der Waals surface area contributed by atoms with Gasteiger partial charge in [0.25, 0.3) is 0 Å². The fraction of sp³-hybridized carbons (Fsp3) is 0.500. The summed E-state index contributed by atoms with van der Waals surface area (Å²) in [4.78, 5) is 0. The van der Waals surface area contributed by atoms with Crippen LogP contribution in [0.4, 0.5) is 0 Å². The van der Waals surface area contributed by atoms with Crippen LogP contribution >= 0.6 is 0 Å². The van der Waals surface area contributed by atoms with Gasteiger partial charge in [0.05, 0.1) is 11.8 Å². The summed E-state index contributed by atoms with van der Waals surface area (Å²) in [5.41, 5.74) is 1.86. The summed E-state index contributed by atoms with van der Waals surface area (Å²) >= 11 is 0. The Hall–Kier alpha value is -1.51. The molecule has 1 aliphatic carbocycles. The van der Waals surface area contributed by atoms with Gasteiger partial charge in [0, 0.05) is 6.42 Å². The van der Waals surface area contributed by atoms with Crippen LogP contribution in [0.15, 0.2) is 29.4 Å². The smallest absolute Gasteiger partial charge is 0.119 e. The number of oxime groups is 1. The number of benzene rings is 1. The van der Waals surface area contributed by atoms with E-state index in [4.69, 9.17) is 9.94 Å². The summed E-state index contributed by atoms with van der Waals surface area (Å²) in [6, 6.07) is 8.05. The molecular formula is C14H19NO2. The minimum Gasteiger partial charge on any atom is -0.490 e. The molecule has 0 unspecified atom stereocenters. The lowest BCUT2D eigenvalue weighted by atomic mass is 10.1. The van der Waals surface area contributed by atoms with E-state index in [0.29, 0.717) is 12.5 Å². The monoisotopic (exact) mass is 233 g/mol. The summed E-state index contributed by atoms with van der Waals surface area (Å²) in [5.74, 6) is 0.944. The first kappa shape index (κ1) is 12.0. The highest BCUT2D eigenvalue weighted by Crippen LogP contribution is 2.24. The minimum absolute atomic E-state index is 0.404. The summed E-state index contributed by atoms with van der Waals surface area (Å²) in [6.45, 7) is 1.81. The van der Waals surface area contributed by atoms with Crippen LogP contribution in [0.2, 0.25) is 0 Å². The molecule has 2 rings (SSSR count). The Morgan fingerprint density at radius 3 is 2.53 bits per heavy atom. The Labute approximate surface area is 102 Å². The van der Waals surface area contributed by atoms with Crippen molar-refractivity contribution in [3.63, 3.8) is 0 Å². The van der Waals surface area contributed by atoms with Crippen molar-refractivity contribution in [1.29, 1.82) is 0 Å². The molecule has 1 aromatic rings. The van der Waals surface area contributed by atoms with E-state index in [0.717, 1.165) is 17.0 Å². The molecule has 0 heterocycles. The van der Waals surface area contributed by atoms with Crippen molar-refractivity contribution in [2.75, 3.05) is 0 Å². The van der Waals surface area contributed by atoms with Gasteiger partial charge in [-0.3, -0.25) is 0 Å². The van der Waals surface area contributed by atoms with Gasteiger partial charge in [-0.2, -0.15) is 0 Å². The van der Waals surface area contributed by atoms with Crippen LogP contribution in [0.1, 0.15) is 38.2 Å². The first-order valence-corrected chi connectivity index (χ1v) is 6.21. The fourth-order valence-electron chi connectivity index (χ4n) is 2.22. The van der Waals surface area contributed by atoms with Gasteiger partial charge in [0.15, 0.2) is 0 Å². The number of ether oxygens (including phenoxy) is 1. The van der Waals surface area contributed by atoms with Crippen molar-refractivity contribution in [2.45, 2.75) is 45.1 Å². The van der Waals surface area contributed by atoms with E-state index in [1.165, 1.54) is 25.7 Å². The van der Waals surface area contributed by atoms with Gasteiger partial charge in [-0.15, -0.1) is 0 Å². The Kier molecular flexibility index (Phi) is 4.02. The summed E-state index contributed by atoms with van der Waals surface area (Å²) in [6.07, 6.45) is 6.02. The number of hydrogen-bond acceptors (Lipinski definition) is 3. The third-order valence-electron chi connectivity index (χ3n) is 3.16. The molecule has 0 radical (unpaired) electrons. The van der Waals surface area contributed by atoms with E-state index in [-0.39, 0.29) is 0 Å². The first-order chi connectivity index (χ1) is 8.28. The van der Waals surface area contributed by atoms with Gasteiger partial charge in [-0.1, -0.05) is 17.3 Å². The lowest BCUT2D eigenvalue weighted by Crippen LogP contribution is -2.10. The standard InChI is InChI=1S/C14H19NO2/c1-11(15-16)10-12-6-8-14(9-7-12)17-13-4-2-3-5-13/h6-9,13,16H,2-5,10H2,1H3/b15-11-. The summed E-state index contributed by atoms with van der Waals surface area (Å²) < 4.78 is 5.88. The van der Waals surface area contributed by atoms with Crippen LogP contribution in [-0.2, 0) is 6.42 Å². The average Bonchev–Trinajstić information content (AvgIpc) is 2.84. The predicted molar refractivity (Wildman–Crippen MR) is 67.9 cm³/mol. The molecule has 1 saturated carbocycles.